The molecule has 1 aliphatic heterocycles. The molecule has 2 heterocycles. The highest BCUT2D eigenvalue weighted by Crippen LogP contribution is 2.39. The molecule has 3 aromatic rings. The highest BCUT2D eigenvalue weighted by molar-refractivity contribution is 7.22. The van der Waals surface area contributed by atoms with Gasteiger partial charge in [0.1, 0.15) is 0 Å². The van der Waals surface area contributed by atoms with Gasteiger partial charge in [0.2, 0.25) is 6.79 Å². The second-order valence-corrected chi connectivity index (χ2v) is 8.07. The Morgan fingerprint density at radius 2 is 1.90 bits per heavy atom. The van der Waals surface area contributed by atoms with Gasteiger partial charge in [0, 0.05) is 24.8 Å². The van der Waals surface area contributed by atoms with E-state index < -0.39 is 0 Å². The van der Waals surface area contributed by atoms with Crippen molar-refractivity contribution in [3.05, 3.63) is 54.1 Å². The van der Waals surface area contributed by atoms with E-state index in [1.165, 1.54) is 11.3 Å². The Kier molecular flexibility index (Phi) is 5.78. The minimum absolute atomic E-state index is 0.0771. The van der Waals surface area contributed by atoms with Crippen molar-refractivity contribution in [1.82, 2.24) is 9.88 Å². The molecule has 4 rings (SSSR count). The molecule has 7 heteroatoms. The van der Waals surface area contributed by atoms with Crippen LogP contribution in [0.1, 0.15) is 12.0 Å². The number of amides is 1. The lowest BCUT2D eigenvalue weighted by molar-refractivity contribution is -0.114. The number of benzene rings is 2. The zero-order valence-electron chi connectivity index (χ0n) is 16.5. The summed E-state index contributed by atoms with van der Waals surface area (Å²) >= 11 is 1.49. The van der Waals surface area contributed by atoms with Gasteiger partial charge in [0.05, 0.1) is 10.2 Å². The van der Waals surface area contributed by atoms with E-state index in [0.29, 0.717) is 17.4 Å². The third kappa shape index (κ3) is 4.58. The molecule has 0 radical (unpaired) electrons. The number of carbonyl (C=O) groups is 1. The Morgan fingerprint density at radius 3 is 2.66 bits per heavy atom. The van der Waals surface area contributed by atoms with Crippen molar-refractivity contribution >= 4 is 38.7 Å². The molecule has 1 aromatic heterocycles. The number of nitrogens with zero attached hydrogens (tertiary/aromatic N) is 3. The van der Waals surface area contributed by atoms with E-state index in [-0.39, 0.29) is 12.7 Å². The normalized spacial score (nSPS) is 12.9. The molecule has 2 aromatic carbocycles. The molecule has 0 N–H and O–H groups in total. The molecule has 0 fully saturated rings. The first-order valence-electron chi connectivity index (χ1n) is 9.50. The molecular weight excluding hydrogens is 386 g/mol. The maximum absolute atomic E-state index is 13.0. The van der Waals surface area contributed by atoms with Crippen molar-refractivity contribution in [2.24, 2.45) is 0 Å². The van der Waals surface area contributed by atoms with Crippen LogP contribution in [0.4, 0.5) is 5.13 Å². The van der Waals surface area contributed by atoms with Gasteiger partial charge in [-0.3, -0.25) is 9.69 Å². The first kappa shape index (κ1) is 19.4. The zero-order chi connectivity index (χ0) is 20.2. The lowest BCUT2D eigenvalue weighted by atomic mass is 10.2. The predicted octanol–water partition coefficient (Wildman–Crippen LogP) is 4.02. The zero-order valence-corrected chi connectivity index (χ0v) is 17.3. The SMILES string of the molecule is CN(C)CCCN(C(=O)/C=C/c1ccccc1)c1nc2cc3c(cc2s1)OCO3. The van der Waals surface area contributed by atoms with E-state index in [2.05, 4.69) is 4.90 Å². The van der Waals surface area contributed by atoms with Gasteiger partial charge < -0.3 is 14.4 Å². The fraction of sp³-hybridized carbons (Fsp3) is 0.273. The number of ether oxygens (including phenoxy) is 2. The molecule has 0 spiro atoms. The van der Waals surface area contributed by atoms with Gasteiger partial charge in [-0.1, -0.05) is 41.7 Å². The smallest absolute Gasteiger partial charge is 0.252 e. The van der Waals surface area contributed by atoms with Crippen LogP contribution >= 0.6 is 11.3 Å². The fourth-order valence-electron chi connectivity index (χ4n) is 3.09. The molecule has 0 unspecified atom stereocenters. The van der Waals surface area contributed by atoms with Crippen LogP contribution in [0.2, 0.25) is 0 Å². The molecular formula is C22H23N3O3S. The first-order chi connectivity index (χ1) is 14.1. The summed E-state index contributed by atoms with van der Waals surface area (Å²) in [6.07, 6.45) is 4.31. The number of aromatic nitrogens is 1. The van der Waals surface area contributed by atoms with Crippen LogP contribution in [0, 0.1) is 0 Å². The molecule has 0 aliphatic carbocycles. The first-order valence-corrected chi connectivity index (χ1v) is 10.3. The van der Waals surface area contributed by atoms with Crippen molar-refractivity contribution in [2.45, 2.75) is 6.42 Å². The molecule has 0 saturated heterocycles. The number of rotatable bonds is 7. The Balaban J connectivity index is 1.60. The Morgan fingerprint density at radius 1 is 1.14 bits per heavy atom. The molecule has 1 aliphatic rings. The van der Waals surface area contributed by atoms with Gasteiger partial charge in [-0.2, -0.15) is 0 Å². The van der Waals surface area contributed by atoms with Crippen LogP contribution in [0.25, 0.3) is 16.3 Å². The summed E-state index contributed by atoms with van der Waals surface area (Å²) in [5, 5.41) is 0.685. The summed E-state index contributed by atoms with van der Waals surface area (Å²) in [7, 11) is 4.06. The van der Waals surface area contributed by atoms with Gasteiger partial charge in [0.25, 0.3) is 5.91 Å². The minimum Gasteiger partial charge on any atom is -0.454 e. The maximum Gasteiger partial charge on any atom is 0.252 e. The molecule has 0 atom stereocenters. The molecule has 6 nitrogen and oxygen atoms in total. The van der Waals surface area contributed by atoms with Crippen LogP contribution in [-0.4, -0.2) is 49.8 Å². The third-order valence-corrected chi connectivity index (χ3v) is 5.61. The van der Waals surface area contributed by atoms with E-state index in [1.807, 2.05) is 62.6 Å². The fourth-order valence-corrected chi connectivity index (χ4v) is 4.10. The Labute approximate surface area is 174 Å². The summed E-state index contributed by atoms with van der Waals surface area (Å²) in [6.45, 7) is 1.73. The molecule has 29 heavy (non-hydrogen) atoms. The van der Waals surface area contributed by atoms with E-state index in [0.717, 1.165) is 34.5 Å². The maximum atomic E-state index is 13.0. The summed E-state index contributed by atoms with van der Waals surface area (Å²) in [5.41, 5.74) is 1.80. The van der Waals surface area contributed by atoms with E-state index in [4.69, 9.17) is 14.5 Å². The lowest BCUT2D eigenvalue weighted by Gasteiger charge is -2.19. The topological polar surface area (TPSA) is 54.9 Å². The minimum atomic E-state index is -0.0771. The number of anilines is 1. The Bertz CT molecular complexity index is 989. The van der Waals surface area contributed by atoms with Crippen molar-refractivity contribution < 1.29 is 14.3 Å². The monoisotopic (exact) mass is 409 g/mol. The standard InChI is InChI=1S/C22H23N3O3S/c1-24(2)11-6-12-25(21(26)10-9-16-7-4-3-5-8-16)22-23-17-13-18-19(28-15-27-18)14-20(17)29-22/h3-5,7-10,13-14H,6,11-12,15H2,1-2H3/b10-9+. The van der Waals surface area contributed by atoms with Crippen LogP contribution in [0.5, 0.6) is 11.5 Å². The van der Waals surface area contributed by atoms with Crippen molar-refractivity contribution in [1.29, 1.82) is 0 Å². The number of fused-ring (bicyclic) bond motifs is 2. The third-order valence-electron chi connectivity index (χ3n) is 4.57. The molecule has 0 saturated carbocycles. The van der Waals surface area contributed by atoms with E-state index >= 15 is 0 Å². The van der Waals surface area contributed by atoms with Crippen LogP contribution in [0.15, 0.2) is 48.5 Å². The second-order valence-electron chi connectivity index (χ2n) is 7.06. The van der Waals surface area contributed by atoms with Gasteiger partial charge in [0.15, 0.2) is 16.6 Å². The molecule has 1 amide bonds. The van der Waals surface area contributed by atoms with Gasteiger partial charge >= 0.3 is 0 Å². The quantitative estimate of drug-likeness (QED) is 0.552. The van der Waals surface area contributed by atoms with Gasteiger partial charge in [-0.15, -0.1) is 0 Å². The van der Waals surface area contributed by atoms with Crippen LogP contribution in [-0.2, 0) is 4.79 Å². The molecule has 0 bridgehead atoms. The summed E-state index contributed by atoms with van der Waals surface area (Å²) in [4.78, 5) is 21.6. The summed E-state index contributed by atoms with van der Waals surface area (Å²) in [5.74, 6) is 1.35. The number of carbonyl (C=O) groups excluding carboxylic acids is 1. The highest BCUT2D eigenvalue weighted by atomic mass is 32.1. The summed E-state index contributed by atoms with van der Waals surface area (Å²) in [6, 6.07) is 13.6. The van der Waals surface area contributed by atoms with Crippen molar-refractivity contribution in [3.63, 3.8) is 0 Å². The predicted molar refractivity (Wildman–Crippen MR) is 117 cm³/mol. The van der Waals surface area contributed by atoms with Crippen LogP contribution < -0.4 is 14.4 Å². The van der Waals surface area contributed by atoms with Crippen molar-refractivity contribution in [2.75, 3.05) is 38.9 Å². The van der Waals surface area contributed by atoms with Crippen LogP contribution in [0.3, 0.4) is 0 Å². The number of hydrogen-bond donors (Lipinski definition) is 0. The molecule has 150 valence electrons. The van der Waals surface area contributed by atoms with E-state index in [9.17, 15) is 4.79 Å². The largest absolute Gasteiger partial charge is 0.454 e. The van der Waals surface area contributed by atoms with E-state index in [1.54, 1.807) is 11.0 Å². The van der Waals surface area contributed by atoms with Gasteiger partial charge in [-0.25, -0.2) is 4.98 Å². The highest BCUT2D eigenvalue weighted by Gasteiger charge is 2.21. The second kappa shape index (κ2) is 8.63. The number of thiazole rings is 1. The Hall–Kier alpha value is -2.90. The van der Waals surface area contributed by atoms with Crippen molar-refractivity contribution in [3.8, 4) is 11.5 Å². The lowest BCUT2D eigenvalue weighted by Crippen LogP contribution is -2.32. The average molecular weight is 410 g/mol. The average Bonchev–Trinajstić information content (AvgIpc) is 3.33. The number of hydrogen-bond acceptors (Lipinski definition) is 6. The van der Waals surface area contributed by atoms with Gasteiger partial charge in [-0.05, 0) is 38.7 Å². The summed E-state index contributed by atoms with van der Waals surface area (Å²) < 4.78 is 11.9.